The summed E-state index contributed by atoms with van der Waals surface area (Å²) in [5, 5.41) is 5.11. The highest BCUT2D eigenvalue weighted by molar-refractivity contribution is 6.05. The zero-order valence-electron chi connectivity index (χ0n) is 14.2. The van der Waals surface area contributed by atoms with Gasteiger partial charge in [0.25, 0.3) is 11.8 Å². The van der Waals surface area contributed by atoms with Crippen molar-refractivity contribution in [3.8, 4) is 0 Å². The van der Waals surface area contributed by atoms with E-state index in [1.165, 1.54) is 24.3 Å². The van der Waals surface area contributed by atoms with Crippen molar-refractivity contribution in [2.45, 2.75) is 25.1 Å². The summed E-state index contributed by atoms with van der Waals surface area (Å²) in [4.78, 5) is 24.4. The van der Waals surface area contributed by atoms with Crippen molar-refractivity contribution in [2.75, 3.05) is 17.2 Å². The van der Waals surface area contributed by atoms with Crippen molar-refractivity contribution in [3.63, 3.8) is 0 Å². The van der Waals surface area contributed by atoms with Crippen LogP contribution in [0.1, 0.15) is 28.8 Å². The quantitative estimate of drug-likeness (QED) is 0.843. The van der Waals surface area contributed by atoms with Crippen molar-refractivity contribution in [1.82, 2.24) is 0 Å². The maximum absolute atomic E-state index is 12.8. The molecule has 1 aliphatic rings. The largest absolute Gasteiger partial charge is 0.416 e. The summed E-state index contributed by atoms with van der Waals surface area (Å²) < 4.78 is 43.6. The Labute approximate surface area is 153 Å². The zero-order valence-corrected chi connectivity index (χ0v) is 14.2. The third-order valence-corrected chi connectivity index (χ3v) is 4.06. The van der Waals surface area contributed by atoms with E-state index in [1.807, 2.05) is 0 Å². The van der Waals surface area contributed by atoms with Crippen LogP contribution >= 0.6 is 0 Å². The van der Waals surface area contributed by atoms with Crippen molar-refractivity contribution < 1.29 is 27.5 Å². The number of ether oxygens (including phenoxy) is 1. The summed E-state index contributed by atoms with van der Waals surface area (Å²) in [6.07, 6.45) is -3.54. The van der Waals surface area contributed by atoms with E-state index in [-0.39, 0.29) is 17.2 Å². The van der Waals surface area contributed by atoms with Gasteiger partial charge < -0.3 is 15.4 Å². The molecule has 8 heteroatoms. The van der Waals surface area contributed by atoms with Gasteiger partial charge in [-0.1, -0.05) is 12.1 Å². The summed E-state index contributed by atoms with van der Waals surface area (Å²) in [6, 6.07) is 10.5. The number of carbonyl (C=O) groups excluding carboxylic acids is 2. The summed E-state index contributed by atoms with van der Waals surface area (Å²) >= 11 is 0. The highest BCUT2D eigenvalue weighted by atomic mass is 19.4. The molecule has 1 atom stereocenters. The standard InChI is InChI=1S/C19H17F3N2O3/c20-19(21,22)13-5-2-7-15(11-13)23-17(25)12-4-1-6-14(10-12)24-18(26)16-8-3-9-27-16/h1-2,4-7,10-11,16H,3,8-9H2,(H,23,25)(H,24,26)/t16-/m0/s1. The molecule has 1 fully saturated rings. The molecule has 0 aliphatic carbocycles. The molecule has 0 bridgehead atoms. The van der Waals surface area contributed by atoms with Crippen LogP contribution in [-0.2, 0) is 15.7 Å². The van der Waals surface area contributed by atoms with Gasteiger partial charge in [-0.05, 0) is 49.2 Å². The zero-order chi connectivity index (χ0) is 19.4. The number of nitrogens with one attached hydrogen (secondary N) is 2. The average molecular weight is 378 g/mol. The minimum Gasteiger partial charge on any atom is -0.368 e. The molecule has 1 saturated heterocycles. The minimum atomic E-state index is -4.49. The molecule has 5 nitrogen and oxygen atoms in total. The van der Waals surface area contributed by atoms with E-state index in [1.54, 1.807) is 12.1 Å². The van der Waals surface area contributed by atoms with Gasteiger partial charge in [0.15, 0.2) is 0 Å². The van der Waals surface area contributed by atoms with Gasteiger partial charge in [-0.15, -0.1) is 0 Å². The second-order valence-electron chi connectivity index (χ2n) is 6.10. The van der Waals surface area contributed by atoms with Gasteiger partial charge in [-0.3, -0.25) is 9.59 Å². The van der Waals surface area contributed by atoms with Crippen molar-refractivity contribution in [1.29, 1.82) is 0 Å². The fraction of sp³-hybridized carbons (Fsp3) is 0.263. The normalized spacial score (nSPS) is 16.8. The molecule has 3 rings (SSSR count). The fourth-order valence-electron chi connectivity index (χ4n) is 2.72. The first-order chi connectivity index (χ1) is 12.8. The molecule has 0 spiro atoms. The number of benzene rings is 2. The first-order valence-electron chi connectivity index (χ1n) is 8.34. The number of carbonyl (C=O) groups is 2. The number of halogens is 3. The lowest BCUT2D eigenvalue weighted by Crippen LogP contribution is -2.27. The number of amides is 2. The Bertz CT molecular complexity index is 846. The molecule has 1 heterocycles. The maximum Gasteiger partial charge on any atom is 0.416 e. The Morgan fingerprint density at radius 3 is 2.37 bits per heavy atom. The van der Waals surface area contributed by atoms with E-state index in [4.69, 9.17) is 4.74 Å². The van der Waals surface area contributed by atoms with Crippen LogP contribution < -0.4 is 10.6 Å². The molecule has 0 unspecified atom stereocenters. The maximum atomic E-state index is 12.8. The third-order valence-electron chi connectivity index (χ3n) is 4.06. The third kappa shape index (κ3) is 4.85. The predicted octanol–water partition coefficient (Wildman–Crippen LogP) is 4.08. The average Bonchev–Trinajstić information content (AvgIpc) is 3.16. The molecule has 142 valence electrons. The molecule has 1 aliphatic heterocycles. The van der Waals surface area contributed by atoms with Crippen LogP contribution in [0.5, 0.6) is 0 Å². The summed E-state index contributed by atoms with van der Waals surface area (Å²) in [5.41, 5.74) is -0.203. The molecule has 2 aromatic carbocycles. The van der Waals surface area contributed by atoms with Gasteiger partial charge >= 0.3 is 6.18 Å². The molecule has 27 heavy (non-hydrogen) atoms. The second-order valence-corrected chi connectivity index (χ2v) is 6.10. The van der Waals surface area contributed by atoms with Gasteiger partial charge in [-0.2, -0.15) is 13.2 Å². The molecule has 2 N–H and O–H groups in total. The van der Waals surface area contributed by atoms with E-state index in [0.29, 0.717) is 18.7 Å². The van der Waals surface area contributed by atoms with Crippen LogP contribution in [0.25, 0.3) is 0 Å². The van der Waals surface area contributed by atoms with Crippen LogP contribution in [-0.4, -0.2) is 24.5 Å². The van der Waals surface area contributed by atoms with Crippen LogP contribution in [0.2, 0.25) is 0 Å². The highest BCUT2D eigenvalue weighted by Crippen LogP contribution is 2.30. The van der Waals surface area contributed by atoms with Crippen LogP contribution in [0.3, 0.4) is 0 Å². The van der Waals surface area contributed by atoms with E-state index in [2.05, 4.69) is 10.6 Å². The Kier molecular flexibility index (Phi) is 5.46. The van der Waals surface area contributed by atoms with E-state index in [0.717, 1.165) is 18.6 Å². The summed E-state index contributed by atoms with van der Waals surface area (Å²) in [5.74, 6) is -0.870. The van der Waals surface area contributed by atoms with Crippen molar-refractivity contribution in [3.05, 3.63) is 59.7 Å². The van der Waals surface area contributed by atoms with E-state index < -0.39 is 23.8 Å². The van der Waals surface area contributed by atoms with Crippen molar-refractivity contribution in [2.24, 2.45) is 0 Å². The molecule has 0 radical (unpaired) electrons. The number of hydrogen-bond acceptors (Lipinski definition) is 3. The lowest BCUT2D eigenvalue weighted by atomic mass is 10.1. The predicted molar refractivity (Wildman–Crippen MR) is 93.4 cm³/mol. The van der Waals surface area contributed by atoms with Crippen LogP contribution in [0.4, 0.5) is 24.5 Å². The number of alkyl halides is 3. The molecule has 2 amide bonds. The van der Waals surface area contributed by atoms with Gasteiger partial charge in [0, 0.05) is 23.5 Å². The van der Waals surface area contributed by atoms with Gasteiger partial charge in [0.05, 0.1) is 5.56 Å². The summed E-state index contributed by atoms with van der Waals surface area (Å²) in [6.45, 7) is 0.539. The second kappa shape index (κ2) is 7.79. The summed E-state index contributed by atoms with van der Waals surface area (Å²) in [7, 11) is 0. The SMILES string of the molecule is O=C(Nc1cccc(C(F)(F)F)c1)c1cccc(NC(=O)[C@@H]2CCCO2)c1. The molecule has 0 aromatic heterocycles. The molecular weight excluding hydrogens is 361 g/mol. The number of rotatable bonds is 4. The topological polar surface area (TPSA) is 67.4 Å². The van der Waals surface area contributed by atoms with E-state index >= 15 is 0 Å². The monoisotopic (exact) mass is 378 g/mol. The fourth-order valence-corrected chi connectivity index (χ4v) is 2.72. The van der Waals surface area contributed by atoms with Crippen LogP contribution in [0.15, 0.2) is 48.5 Å². The van der Waals surface area contributed by atoms with Gasteiger partial charge in [-0.25, -0.2) is 0 Å². The highest BCUT2D eigenvalue weighted by Gasteiger charge is 2.30. The van der Waals surface area contributed by atoms with Gasteiger partial charge in [0.2, 0.25) is 0 Å². The van der Waals surface area contributed by atoms with Crippen molar-refractivity contribution >= 4 is 23.2 Å². The van der Waals surface area contributed by atoms with Gasteiger partial charge in [0.1, 0.15) is 6.10 Å². The Morgan fingerprint density at radius 2 is 1.70 bits per heavy atom. The molecular formula is C19H17F3N2O3. The Morgan fingerprint density at radius 1 is 1.00 bits per heavy atom. The minimum absolute atomic E-state index is 0.0311. The lowest BCUT2D eigenvalue weighted by molar-refractivity contribution is -0.137. The smallest absolute Gasteiger partial charge is 0.368 e. The first-order valence-corrected chi connectivity index (χ1v) is 8.34. The Hall–Kier alpha value is -2.87. The number of anilines is 2. The number of hydrogen-bond donors (Lipinski definition) is 2. The Balaban J connectivity index is 1.69. The van der Waals surface area contributed by atoms with E-state index in [9.17, 15) is 22.8 Å². The van der Waals surface area contributed by atoms with Crippen LogP contribution in [0, 0.1) is 0 Å². The lowest BCUT2D eigenvalue weighted by Gasteiger charge is -2.12. The first kappa shape index (κ1) is 18.9. The molecule has 2 aromatic rings. The molecule has 0 saturated carbocycles.